The molecule has 1 saturated carbocycles. The number of aryl methyl sites for hydroxylation is 1. The van der Waals surface area contributed by atoms with Crippen molar-refractivity contribution in [1.29, 1.82) is 0 Å². The van der Waals surface area contributed by atoms with Crippen molar-refractivity contribution < 1.29 is 23.4 Å². The molecule has 0 atom stereocenters. The Balaban J connectivity index is 1.72. The van der Waals surface area contributed by atoms with Gasteiger partial charge in [0.1, 0.15) is 5.75 Å². The number of aliphatic hydroxyl groups is 1. The van der Waals surface area contributed by atoms with Crippen molar-refractivity contribution in [3.05, 3.63) is 41.6 Å². The quantitative estimate of drug-likeness (QED) is 0.723. The van der Waals surface area contributed by atoms with Gasteiger partial charge in [-0.3, -0.25) is 4.68 Å². The van der Waals surface area contributed by atoms with E-state index in [1.54, 1.807) is 16.8 Å². The molecule has 2 N–H and O–H groups in total. The molecular weight excluding hydrogens is 359 g/mol. The molecule has 1 fully saturated rings. The molecule has 2 aromatic heterocycles. The Labute approximate surface area is 153 Å². The second-order valence-electron chi connectivity index (χ2n) is 7.28. The van der Waals surface area contributed by atoms with Gasteiger partial charge >= 0.3 is 6.18 Å². The zero-order chi connectivity index (χ0) is 19.4. The van der Waals surface area contributed by atoms with Crippen LogP contribution in [0.3, 0.4) is 0 Å². The van der Waals surface area contributed by atoms with E-state index >= 15 is 0 Å². The van der Waals surface area contributed by atoms with Gasteiger partial charge in [0, 0.05) is 29.1 Å². The van der Waals surface area contributed by atoms with Gasteiger partial charge in [0.15, 0.2) is 5.65 Å². The number of rotatable bonds is 4. The topological polar surface area (TPSA) is 71.2 Å². The lowest BCUT2D eigenvalue weighted by molar-refractivity contribution is -0.137. The van der Waals surface area contributed by atoms with Gasteiger partial charge in [-0.1, -0.05) is 0 Å². The van der Waals surface area contributed by atoms with E-state index in [1.165, 1.54) is 6.92 Å². The molecule has 0 bridgehead atoms. The summed E-state index contributed by atoms with van der Waals surface area (Å²) in [5.41, 5.74) is 0.344. The summed E-state index contributed by atoms with van der Waals surface area (Å²) in [6.07, 6.45) is -0.780. The van der Waals surface area contributed by atoms with Crippen molar-refractivity contribution in [2.45, 2.75) is 32.5 Å². The van der Waals surface area contributed by atoms with E-state index in [9.17, 15) is 23.4 Å². The molecule has 0 aliphatic heterocycles. The maximum absolute atomic E-state index is 12.9. The van der Waals surface area contributed by atoms with E-state index < -0.39 is 17.5 Å². The number of phenolic OH excluding ortho intramolecular Hbond substituents is 1. The SMILES string of the molecule is Cc1cc(C(F)(F)F)cc(O)c1-c1ccc2cn(CC3(CO)CC3)nc2n1. The molecule has 1 aliphatic carbocycles. The average molecular weight is 377 g/mol. The van der Waals surface area contributed by atoms with Crippen LogP contribution < -0.4 is 0 Å². The third-order valence-corrected chi connectivity index (χ3v) is 5.10. The van der Waals surface area contributed by atoms with Crippen LogP contribution in [-0.4, -0.2) is 31.6 Å². The third-order valence-electron chi connectivity index (χ3n) is 5.10. The number of pyridine rings is 1. The first kappa shape index (κ1) is 17.8. The lowest BCUT2D eigenvalue weighted by Gasteiger charge is -2.13. The summed E-state index contributed by atoms with van der Waals surface area (Å²) in [5.74, 6) is -0.467. The highest BCUT2D eigenvalue weighted by Gasteiger charge is 2.42. The summed E-state index contributed by atoms with van der Waals surface area (Å²) < 4.78 is 40.5. The van der Waals surface area contributed by atoms with Crippen molar-refractivity contribution in [3.63, 3.8) is 0 Å². The predicted octanol–water partition coefficient (Wildman–Crippen LogP) is 3.90. The highest BCUT2D eigenvalue weighted by Crippen LogP contribution is 2.46. The molecule has 142 valence electrons. The van der Waals surface area contributed by atoms with Gasteiger partial charge in [0.2, 0.25) is 0 Å². The summed E-state index contributed by atoms with van der Waals surface area (Å²) in [4.78, 5) is 4.42. The number of aliphatic hydroxyl groups excluding tert-OH is 1. The zero-order valence-electron chi connectivity index (χ0n) is 14.6. The Morgan fingerprint density at radius 1 is 1.22 bits per heavy atom. The molecule has 0 unspecified atom stereocenters. The largest absolute Gasteiger partial charge is 0.507 e. The van der Waals surface area contributed by atoms with Gasteiger partial charge in [0.25, 0.3) is 0 Å². The minimum absolute atomic E-state index is 0.104. The van der Waals surface area contributed by atoms with Gasteiger partial charge in [-0.05, 0) is 49.6 Å². The molecule has 1 aliphatic rings. The van der Waals surface area contributed by atoms with Gasteiger partial charge in [-0.2, -0.15) is 18.3 Å². The maximum atomic E-state index is 12.9. The van der Waals surface area contributed by atoms with E-state index in [1.807, 2.05) is 6.20 Å². The van der Waals surface area contributed by atoms with Crippen LogP contribution in [0.2, 0.25) is 0 Å². The number of hydrogen-bond acceptors (Lipinski definition) is 4. The number of benzene rings is 1. The van der Waals surface area contributed by atoms with Crippen molar-refractivity contribution in [2.24, 2.45) is 5.41 Å². The standard InChI is InChI=1S/C19H18F3N3O2/c1-11-6-13(19(20,21)22)7-15(27)16(11)14-3-2-12-8-25(24-17(12)23-14)9-18(10-26)4-5-18/h2-3,6-8,26-27H,4-5,9-10H2,1H3. The second-order valence-corrected chi connectivity index (χ2v) is 7.28. The molecule has 0 radical (unpaired) electrons. The van der Waals surface area contributed by atoms with Crippen LogP contribution in [0.1, 0.15) is 24.0 Å². The van der Waals surface area contributed by atoms with Crippen molar-refractivity contribution in [3.8, 4) is 17.0 Å². The first-order chi connectivity index (χ1) is 12.7. The number of hydrogen-bond donors (Lipinski definition) is 2. The van der Waals surface area contributed by atoms with Gasteiger partial charge < -0.3 is 10.2 Å². The third kappa shape index (κ3) is 3.25. The monoisotopic (exact) mass is 377 g/mol. The fourth-order valence-electron chi connectivity index (χ4n) is 3.32. The molecule has 8 heteroatoms. The maximum Gasteiger partial charge on any atom is 0.416 e. The molecule has 2 heterocycles. The van der Waals surface area contributed by atoms with E-state index in [0.717, 1.165) is 24.3 Å². The summed E-state index contributed by atoms with van der Waals surface area (Å²) in [5, 5.41) is 24.8. The van der Waals surface area contributed by atoms with Crippen molar-refractivity contribution >= 4 is 11.0 Å². The van der Waals surface area contributed by atoms with Gasteiger partial charge in [-0.25, -0.2) is 4.98 Å². The molecule has 0 spiro atoms. The summed E-state index contributed by atoms with van der Waals surface area (Å²) in [7, 11) is 0. The fraction of sp³-hybridized carbons (Fsp3) is 0.368. The fourth-order valence-corrected chi connectivity index (χ4v) is 3.32. The lowest BCUT2D eigenvalue weighted by atomic mass is 10.00. The van der Waals surface area contributed by atoms with Crippen LogP contribution in [0.5, 0.6) is 5.75 Å². The minimum Gasteiger partial charge on any atom is -0.507 e. The normalized spacial score (nSPS) is 16.0. The number of fused-ring (bicyclic) bond motifs is 1. The Morgan fingerprint density at radius 3 is 2.56 bits per heavy atom. The first-order valence-electron chi connectivity index (χ1n) is 8.57. The molecule has 1 aromatic carbocycles. The van der Waals surface area contributed by atoms with Crippen LogP contribution in [0.15, 0.2) is 30.5 Å². The Bertz CT molecular complexity index is 1000. The smallest absolute Gasteiger partial charge is 0.416 e. The highest BCUT2D eigenvalue weighted by atomic mass is 19.4. The number of aromatic nitrogens is 3. The minimum atomic E-state index is -4.53. The van der Waals surface area contributed by atoms with Crippen LogP contribution >= 0.6 is 0 Å². The van der Waals surface area contributed by atoms with Gasteiger partial charge in [0.05, 0.1) is 17.9 Å². The number of phenols is 1. The molecule has 5 nitrogen and oxygen atoms in total. The predicted molar refractivity (Wildman–Crippen MR) is 93.1 cm³/mol. The molecule has 3 aromatic rings. The number of halogens is 3. The van der Waals surface area contributed by atoms with Crippen LogP contribution in [0.4, 0.5) is 13.2 Å². The highest BCUT2D eigenvalue weighted by molar-refractivity contribution is 5.80. The van der Waals surface area contributed by atoms with E-state index in [4.69, 9.17) is 0 Å². The lowest BCUT2D eigenvalue weighted by Crippen LogP contribution is -2.15. The summed E-state index contributed by atoms with van der Waals surface area (Å²) in [6, 6.07) is 5.14. The first-order valence-corrected chi connectivity index (χ1v) is 8.57. The van der Waals surface area contributed by atoms with Crippen LogP contribution in [-0.2, 0) is 12.7 Å². The Kier molecular flexibility index (Phi) is 3.92. The van der Waals surface area contributed by atoms with Crippen molar-refractivity contribution in [1.82, 2.24) is 14.8 Å². The number of nitrogens with zero attached hydrogens (tertiary/aromatic N) is 3. The Morgan fingerprint density at radius 2 is 1.96 bits per heavy atom. The molecular formula is C19H18F3N3O2. The number of alkyl halides is 3. The van der Waals surface area contributed by atoms with Gasteiger partial charge in [-0.15, -0.1) is 0 Å². The number of aromatic hydroxyl groups is 1. The molecule has 4 rings (SSSR count). The summed E-state index contributed by atoms with van der Waals surface area (Å²) >= 11 is 0. The van der Waals surface area contributed by atoms with E-state index in [2.05, 4.69) is 10.1 Å². The van der Waals surface area contributed by atoms with Crippen LogP contribution in [0, 0.1) is 12.3 Å². The average Bonchev–Trinajstić information content (AvgIpc) is 3.24. The summed E-state index contributed by atoms with van der Waals surface area (Å²) in [6.45, 7) is 2.22. The van der Waals surface area contributed by atoms with Crippen LogP contribution in [0.25, 0.3) is 22.3 Å². The Hall–Kier alpha value is -2.61. The van der Waals surface area contributed by atoms with E-state index in [0.29, 0.717) is 24.0 Å². The second kappa shape index (κ2) is 5.95. The zero-order valence-corrected chi connectivity index (χ0v) is 14.6. The molecule has 0 saturated heterocycles. The molecule has 27 heavy (non-hydrogen) atoms. The van der Waals surface area contributed by atoms with Crippen molar-refractivity contribution in [2.75, 3.05) is 6.61 Å². The molecule has 0 amide bonds. The van der Waals surface area contributed by atoms with E-state index in [-0.39, 0.29) is 23.1 Å².